The third-order valence-corrected chi connectivity index (χ3v) is 9.07. The lowest BCUT2D eigenvalue weighted by Crippen LogP contribution is -2.59. The summed E-state index contributed by atoms with van der Waals surface area (Å²) in [6.07, 6.45) is 1.09. The predicted molar refractivity (Wildman–Crippen MR) is 134 cm³/mol. The van der Waals surface area contributed by atoms with Gasteiger partial charge in [0.2, 0.25) is 10.0 Å². The van der Waals surface area contributed by atoms with Crippen molar-refractivity contribution in [3.63, 3.8) is 0 Å². The lowest BCUT2D eigenvalue weighted by Gasteiger charge is -2.44. The van der Waals surface area contributed by atoms with Crippen LogP contribution in [0.4, 0.5) is 13.6 Å². The molecule has 2 aromatic carbocycles. The molecular formula is C25H31ClF2N4O3S. The van der Waals surface area contributed by atoms with E-state index in [1.54, 1.807) is 4.90 Å². The lowest BCUT2D eigenvalue weighted by atomic mass is 10.0. The third kappa shape index (κ3) is 5.82. The van der Waals surface area contributed by atoms with Crippen LogP contribution in [0.15, 0.2) is 47.4 Å². The van der Waals surface area contributed by atoms with Crippen LogP contribution in [0.25, 0.3) is 0 Å². The molecule has 4 rings (SSSR count). The van der Waals surface area contributed by atoms with Gasteiger partial charge >= 0.3 is 6.03 Å². The first kappa shape index (κ1) is 26.8. The molecule has 0 unspecified atom stereocenters. The molecule has 0 radical (unpaired) electrons. The number of carbonyl (C=O) groups is 1. The fourth-order valence-corrected chi connectivity index (χ4v) is 6.70. The van der Waals surface area contributed by atoms with E-state index in [1.165, 1.54) is 28.6 Å². The molecule has 0 bridgehead atoms. The van der Waals surface area contributed by atoms with E-state index in [4.69, 9.17) is 11.6 Å². The molecule has 196 valence electrons. The number of piperazine rings is 1. The normalized spacial score (nSPS) is 21.7. The van der Waals surface area contributed by atoms with Crippen LogP contribution < -0.4 is 0 Å². The molecule has 2 amide bonds. The van der Waals surface area contributed by atoms with Gasteiger partial charge in [-0.25, -0.2) is 22.0 Å². The van der Waals surface area contributed by atoms with Crippen molar-refractivity contribution in [1.29, 1.82) is 0 Å². The molecule has 0 saturated carbocycles. The molecule has 0 N–H and O–H groups in total. The molecule has 36 heavy (non-hydrogen) atoms. The molecule has 2 aliphatic rings. The first-order valence-corrected chi connectivity index (χ1v) is 13.8. The topological polar surface area (TPSA) is 64.2 Å². The highest BCUT2D eigenvalue weighted by Gasteiger charge is 2.38. The summed E-state index contributed by atoms with van der Waals surface area (Å²) < 4.78 is 57.2. The number of sulfonamides is 1. The molecule has 11 heteroatoms. The highest BCUT2D eigenvalue weighted by Crippen LogP contribution is 2.28. The number of halogens is 3. The molecule has 7 nitrogen and oxygen atoms in total. The fourth-order valence-electron chi connectivity index (χ4n) is 4.95. The summed E-state index contributed by atoms with van der Waals surface area (Å²) in [6, 6.07) is 8.04. The van der Waals surface area contributed by atoms with Crippen molar-refractivity contribution in [2.24, 2.45) is 0 Å². The zero-order valence-electron chi connectivity index (χ0n) is 20.4. The zero-order valence-corrected chi connectivity index (χ0v) is 22.0. The SMILES string of the molecule is C[C@@H]1CN(C)CCN1C(=O)N1CCC[C@H](N(Cc2cc(F)ccc2F)S(=O)(=O)c2ccc(Cl)cc2)C1. The Kier molecular flexibility index (Phi) is 8.18. The average Bonchev–Trinajstić information content (AvgIpc) is 2.84. The van der Waals surface area contributed by atoms with Gasteiger partial charge in [0.25, 0.3) is 0 Å². The van der Waals surface area contributed by atoms with E-state index in [1.807, 2.05) is 18.9 Å². The lowest BCUT2D eigenvalue weighted by molar-refractivity contribution is 0.0764. The van der Waals surface area contributed by atoms with Crippen molar-refractivity contribution < 1.29 is 22.0 Å². The number of amides is 2. The van der Waals surface area contributed by atoms with Gasteiger partial charge in [-0.15, -0.1) is 0 Å². The Morgan fingerprint density at radius 1 is 1.08 bits per heavy atom. The van der Waals surface area contributed by atoms with Crippen LogP contribution in [0.2, 0.25) is 5.02 Å². The molecule has 2 aliphatic heterocycles. The Hall–Kier alpha value is -2.27. The smallest absolute Gasteiger partial charge is 0.320 e. The molecule has 2 saturated heterocycles. The summed E-state index contributed by atoms with van der Waals surface area (Å²) in [5.41, 5.74) is -0.0660. The molecule has 2 fully saturated rings. The summed E-state index contributed by atoms with van der Waals surface area (Å²) in [4.78, 5) is 19.1. The first-order chi connectivity index (χ1) is 17.1. The number of rotatable bonds is 5. The number of carbonyl (C=O) groups excluding carboxylic acids is 1. The summed E-state index contributed by atoms with van der Waals surface area (Å²) in [7, 11) is -2.10. The molecular weight excluding hydrogens is 510 g/mol. The van der Waals surface area contributed by atoms with E-state index in [0.29, 0.717) is 31.0 Å². The van der Waals surface area contributed by atoms with Crippen molar-refractivity contribution in [3.8, 4) is 0 Å². The predicted octanol–water partition coefficient (Wildman–Crippen LogP) is 4.03. The number of hydrogen-bond donors (Lipinski definition) is 0. The van der Waals surface area contributed by atoms with Crippen LogP contribution in [0.5, 0.6) is 0 Å². The van der Waals surface area contributed by atoms with E-state index in [2.05, 4.69) is 4.90 Å². The Bertz CT molecular complexity index is 1200. The van der Waals surface area contributed by atoms with E-state index in [-0.39, 0.29) is 35.6 Å². The van der Waals surface area contributed by atoms with Crippen molar-refractivity contribution in [1.82, 2.24) is 19.0 Å². The van der Waals surface area contributed by atoms with Crippen molar-refractivity contribution in [2.75, 3.05) is 39.8 Å². The number of likely N-dealkylation sites (N-methyl/N-ethyl adjacent to an activating group) is 1. The molecule has 0 aliphatic carbocycles. The minimum atomic E-state index is -4.11. The van der Waals surface area contributed by atoms with Gasteiger partial charge in [-0.05, 0) is 69.3 Å². The van der Waals surface area contributed by atoms with Gasteiger partial charge in [0.05, 0.1) is 4.90 Å². The van der Waals surface area contributed by atoms with Crippen LogP contribution in [0, 0.1) is 11.6 Å². The average molecular weight is 541 g/mol. The van der Waals surface area contributed by atoms with Crippen LogP contribution >= 0.6 is 11.6 Å². The highest BCUT2D eigenvalue weighted by molar-refractivity contribution is 7.89. The minimum absolute atomic E-state index is 0.000138. The maximum Gasteiger partial charge on any atom is 0.320 e. The summed E-state index contributed by atoms with van der Waals surface area (Å²) >= 11 is 5.96. The second-order valence-electron chi connectivity index (χ2n) is 9.57. The summed E-state index contributed by atoms with van der Waals surface area (Å²) in [6.45, 7) is 4.45. The van der Waals surface area contributed by atoms with Gasteiger partial charge in [-0.3, -0.25) is 0 Å². The second-order valence-corrected chi connectivity index (χ2v) is 11.9. The van der Waals surface area contributed by atoms with Crippen molar-refractivity contribution >= 4 is 27.7 Å². The van der Waals surface area contributed by atoms with Crippen LogP contribution in [-0.4, -0.2) is 85.3 Å². The van der Waals surface area contributed by atoms with Gasteiger partial charge in [0.15, 0.2) is 0 Å². The van der Waals surface area contributed by atoms with Crippen LogP contribution in [0.3, 0.4) is 0 Å². The monoisotopic (exact) mass is 540 g/mol. The first-order valence-electron chi connectivity index (χ1n) is 12.0. The van der Waals surface area contributed by atoms with E-state index in [0.717, 1.165) is 31.3 Å². The number of benzene rings is 2. The maximum absolute atomic E-state index is 14.6. The highest BCUT2D eigenvalue weighted by atomic mass is 35.5. The Balaban J connectivity index is 1.63. The number of hydrogen-bond acceptors (Lipinski definition) is 4. The Morgan fingerprint density at radius 2 is 1.81 bits per heavy atom. The molecule has 0 aromatic heterocycles. The Morgan fingerprint density at radius 3 is 2.50 bits per heavy atom. The summed E-state index contributed by atoms with van der Waals surface area (Å²) in [5.74, 6) is -1.34. The number of urea groups is 1. The van der Waals surface area contributed by atoms with Gasteiger partial charge < -0.3 is 14.7 Å². The minimum Gasteiger partial charge on any atom is -0.323 e. The molecule has 2 atom stereocenters. The largest absolute Gasteiger partial charge is 0.323 e. The summed E-state index contributed by atoms with van der Waals surface area (Å²) in [5, 5.41) is 0.382. The fraction of sp³-hybridized carbons (Fsp3) is 0.480. The van der Waals surface area contributed by atoms with Crippen LogP contribution in [-0.2, 0) is 16.6 Å². The quantitative estimate of drug-likeness (QED) is 0.574. The Labute approximate surface area is 216 Å². The van der Waals surface area contributed by atoms with E-state index >= 15 is 0 Å². The number of nitrogens with zero attached hydrogens (tertiary/aromatic N) is 4. The maximum atomic E-state index is 14.6. The van der Waals surface area contributed by atoms with E-state index < -0.39 is 27.7 Å². The molecule has 2 heterocycles. The van der Waals surface area contributed by atoms with Crippen molar-refractivity contribution in [3.05, 3.63) is 64.7 Å². The van der Waals surface area contributed by atoms with Gasteiger partial charge in [0, 0.05) is 61.9 Å². The van der Waals surface area contributed by atoms with E-state index in [9.17, 15) is 22.0 Å². The number of piperidine rings is 1. The molecule has 0 spiro atoms. The van der Waals surface area contributed by atoms with Crippen molar-refractivity contribution in [2.45, 2.75) is 43.3 Å². The molecule has 2 aromatic rings. The second kappa shape index (κ2) is 11.0. The van der Waals surface area contributed by atoms with Gasteiger partial charge in [-0.1, -0.05) is 11.6 Å². The van der Waals surface area contributed by atoms with Crippen LogP contribution in [0.1, 0.15) is 25.3 Å². The third-order valence-electron chi connectivity index (χ3n) is 6.90. The zero-order chi connectivity index (χ0) is 26.0. The van der Waals surface area contributed by atoms with Gasteiger partial charge in [-0.2, -0.15) is 4.31 Å². The standard InChI is InChI=1S/C25H31ClF2N4O3S/c1-18-15-29(2)12-13-31(18)25(33)30-11-3-4-22(17-30)32(16-19-14-21(27)7-10-24(19)28)36(34,35)23-8-5-20(26)6-9-23/h5-10,14,18,22H,3-4,11-13,15-17H2,1-2H3/t18-,22+/m1/s1. The van der Waals surface area contributed by atoms with Gasteiger partial charge in [0.1, 0.15) is 11.6 Å². The number of likely N-dealkylation sites (tertiary alicyclic amines) is 1.